The van der Waals surface area contributed by atoms with Crippen LogP contribution in [0.3, 0.4) is 0 Å². The summed E-state index contributed by atoms with van der Waals surface area (Å²) >= 11 is 1.52. The second-order valence-electron chi connectivity index (χ2n) is 10.2. The van der Waals surface area contributed by atoms with Gasteiger partial charge in [0.2, 0.25) is 17.7 Å². The Morgan fingerprint density at radius 2 is 1.94 bits per heavy atom. The van der Waals surface area contributed by atoms with Crippen LogP contribution >= 0.6 is 11.3 Å². The van der Waals surface area contributed by atoms with E-state index in [4.69, 9.17) is 0 Å². The SMILES string of the molecule is CC(C)CN1CC[C@H](CN(C)C(=O)C[C@@]2(c3ccccc3)CC(=O)N(Cc3cccs3)C2=O)C1. The smallest absolute Gasteiger partial charge is 0.241 e. The van der Waals surface area contributed by atoms with Crippen LogP contribution in [0.1, 0.15) is 43.6 Å². The fraction of sp³-hybridized carbons (Fsp3) is 0.519. The normalized spacial score (nSPS) is 23.3. The largest absolute Gasteiger partial charge is 0.345 e. The summed E-state index contributed by atoms with van der Waals surface area (Å²) in [5.41, 5.74) is -0.395. The van der Waals surface area contributed by atoms with E-state index in [9.17, 15) is 14.4 Å². The molecule has 0 radical (unpaired) electrons. The summed E-state index contributed by atoms with van der Waals surface area (Å²) < 4.78 is 0. The zero-order valence-corrected chi connectivity index (χ0v) is 21.2. The van der Waals surface area contributed by atoms with Gasteiger partial charge in [0.05, 0.1) is 12.0 Å². The highest BCUT2D eigenvalue weighted by Crippen LogP contribution is 2.41. The average Bonchev–Trinajstić information content (AvgIpc) is 3.52. The minimum atomic E-state index is -1.14. The fourth-order valence-corrected chi connectivity index (χ4v) is 6.06. The number of rotatable bonds is 9. The van der Waals surface area contributed by atoms with Crippen molar-refractivity contribution in [2.45, 2.75) is 45.1 Å². The number of thiophene rings is 1. The van der Waals surface area contributed by atoms with Crippen LogP contribution in [0.25, 0.3) is 0 Å². The zero-order valence-electron chi connectivity index (χ0n) is 20.4. The van der Waals surface area contributed by atoms with Gasteiger partial charge in [-0.25, -0.2) is 0 Å². The van der Waals surface area contributed by atoms with E-state index < -0.39 is 5.41 Å². The van der Waals surface area contributed by atoms with Crippen molar-refractivity contribution in [2.24, 2.45) is 11.8 Å². The van der Waals surface area contributed by atoms with Crippen molar-refractivity contribution in [1.82, 2.24) is 14.7 Å². The van der Waals surface area contributed by atoms with E-state index in [-0.39, 0.29) is 37.1 Å². The second kappa shape index (κ2) is 10.4. The highest BCUT2D eigenvalue weighted by molar-refractivity contribution is 7.09. The number of hydrogen-bond acceptors (Lipinski definition) is 5. The molecule has 2 fully saturated rings. The van der Waals surface area contributed by atoms with Gasteiger partial charge in [0.25, 0.3) is 0 Å². The number of hydrogen-bond donors (Lipinski definition) is 0. The van der Waals surface area contributed by atoms with Crippen LogP contribution in [-0.4, -0.2) is 65.6 Å². The average molecular weight is 482 g/mol. The Hall–Kier alpha value is -2.51. The highest BCUT2D eigenvalue weighted by Gasteiger charge is 2.54. The molecule has 0 N–H and O–H groups in total. The first-order chi connectivity index (χ1) is 16.3. The van der Waals surface area contributed by atoms with Crippen molar-refractivity contribution in [3.05, 3.63) is 58.3 Å². The summed E-state index contributed by atoms with van der Waals surface area (Å²) in [4.78, 5) is 46.8. The molecule has 2 atom stereocenters. The number of benzene rings is 1. The summed E-state index contributed by atoms with van der Waals surface area (Å²) in [6, 6.07) is 13.2. The number of amides is 3. The maximum Gasteiger partial charge on any atom is 0.241 e. The molecule has 3 heterocycles. The third-order valence-electron chi connectivity index (χ3n) is 7.03. The predicted molar refractivity (Wildman–Crippen MR) is 134 cm³/mol. The van der Waals surface area contributed by atoms with Crippen molar-refractivity contribution in [2.75, 3.05) is 33.2 Å². The molecule has 0 spiro atoms. The lowest BCUT2D eigenvalue weighted by atomic mass is 9.75. The van der Waals surface area contributed by atoms with Gasteiger partial charge in [-0.15, -0.1) is 11.3 Å². The summed E-state index contributed by atoms with van der Waals surface area (Å²) in [5.74, 6) is 0.523. The van der Waals surface area contributed by atoms with Gasteiger partial charge in [-0.2, -0.15) is 0 Å². The molecule has 0 saturated carbocycles. The first kappa shape index (κ1) is 24.6. The lowest BCUT2D eigenvalue weighted by Gasteiger charge is -2.30. The molecule has 1 aromatic heterocycles. The van der Waals surface area contributed by atoms with E-state index in [1.807, 2.05) is 54.9 Å². The van der Waals surface area contributed by atoms with Crippen LogP contribution in [0.15, 0.2) is 47.8 Å². The molecule has 4 rings (SSSR count). The Labute approximate surface area is 206 Å². The van der Waals surface area contributed by atoms with Crippen LogP contribution in [0.5, 0.6) is 0 Å². The van der Waals surface area contributed by atoms with Crippen LogP contribution in [0.2, 0.25) is 0 Å². The summed E-state index contributed by atoms with van der Waals surface area (Å²) in [5, 5.41) is 1.94. The quantitative estimate of drug-likeness (QED) is 0.512. The Kier molecular flexibility index (Phi) is 7.53. The molecule has 0 bridgehead atoms. The molecule has 2 aromatic rings. The summed E-state index contributed by atoms with van der Waals surface area (Å²) in [7, 11) is 1.83. The Morgan fingerprint density at radius 3 is 2.62 bits per heavy atom. The van der Waals surface area contributed by atoms with E-state index in [1.54, 1.807) is 4.90 Å². The van der Waals surface area contributed by atoms with Gasteiger partial charge in [-0.3, -0.25) is 19.3 Å². The van der Waals surface area contributed by atoms with E-state index in [0.717, 1.165) is 36.5 Å². The molecule has 182 valence electrons. The number of carbonyl (C=O) groups excluding carboxylic acids is 3. The first-order valence-corrected chi connectivity index (χ1v) is 13.1. The Morgan fingerprint density at radius 1 is 1.18 bits per heavy atom. The van der Waals surface area contributed by atoms with Crippen molar-refractivity contribution < 1.29 is 14.4 Å². The van der Waals surface area contributed by atoms with Crippen LogP contribution in [0, 0.1) is 11.8 Å². The molecule has 3 amide bonds. The molecule has 1 aromatic carbocycles. The van der Waals surface area contributed by atoms with Crippen molar-refractivity contribution in [3.8, 4) is 0 Å². The maximum atomic E-state index is 13.7. The fourth-order valence-electron chi connectivity index (χ4n) is 5.37. The minimum absolute atomic E-state index is 0.0153. The minimum Gasteiger partial charge on any atom is -0.345 e. The molecule has 2 aliphatic rings. The molecule has 2 saturated heterocycles. The Balaban J connectivity index is 1.49. The van der Waals surface area contributed by atoms with Gasteiger partial charge in [0.15, 0.2) is 0 Å². The van der Waals surface area contributed by atoms with Gasteiger partial charge in [0, 0.05) is 44.4 Å². The van der Waals surface area contributed by atoms with Crippen molar-refractivity contribution in [3.63, 3.8) is 0 Å². The van der Waals surface area contributed by atoms with Gasteiger partial charge in [0.1, 0.15) is 0 Å². The molecular formula is C27H35N3O3S. The zero-order chi connectivity index (χ0) is 24.3. The van der Waals surface area contributed by atoms with Crippen molar-refractivity contribution >= 4 is 29.1 Å². The lowest BCUT2D eigenvalue weighted by Crippen LogP contribution is -2.43. The van der Waals surface area contributed by atoms with Gasteiger partial charge >= 0.3 is 0 Å². The standard InChI is InChI=1S/C27H35N3O3S/c1-20(2)16-29-12-11-21(18-29)17-28(3)24(31)14-27(22-8-5-4-6-9-22)15-25(32)30(26(27)33)19-23-10-7-13-34-23/h4-10,13,20-21H,11-12,14-19H2,1-3H3/t21-,27+/m1/s1. The van der Waals surface area contributed by atoms with E-state index in [2.05, 4.69) is 18.7 Å². The van der Waals surface area contributed by atoms with E-state index in [1.165, 1.54) is 16.2 Å². The molecular weight excluding hydrogens is 446 g/mol. The molecule has 34 heavy (non-hydrogen) atoms. The van der Waals surface area contributed by atoms with Crippen LogP contribution < -0.4 is 0 Å². The summed E-state index contributed by atoms with van der Waals surface area (Å²) in [6.45, 7) is 8.57. The third kappa shape index (κ3) is 5.26. The van der Waals surface area contributed by atoms with Gasteiger partial charge in [-0.05, 0) is 41.8 Å². The van der Waals surface area contributed by atoms with Gasteiger partial charge < -0.3 is 9.80 Å². The predicted octanol–water partition coefficient (Wildman–Crippen LogP) is 3.77. The molecule has 2 aliphatic heterocycles. The highest BCUT2D eigenvalue weighted by atomic mass is 32.1. The molecule has 0 unspecified atom stereocenters. The second-order valence-corrected chi connectivity index (χ2v) is 11.3. The van der Waals surface area contributed by atoms with Crippen LogP contribution in [0.4, 0.5) is 0 Å². The van der Waals surface area contributed by atoms with Crippen molar-refractivity contribution in [1.29, 1.82) is 0 Å². The maximum absolute atomic E-state index is 13.7. The first-order valence-electron chi connectivity index (χ1n) is 12.2. The Bertz CT molecular complexity index is 1010. The van der Waals surface area contributed by atoms with Crippen LogP contribution in [-0.2, 0) is 26.3 Å². The number of imide groups is 1. The molecule has 7 heteroatoms. The van der Waals surface area contributed by atoms with Gasteiger partial charge in [-0.1, -0.05) is 50.2 Å². The topological polar surface area (TPSA) is 60.9 Å². The monoisotopic (exact) mass is 481 g/mol. The molecule has 0 aliphatic carbocycles. The summed E-state index contributed by atoms with van der Waals surface area (Å²) in [6.07, 6.45) is 1.13. The lowest BCUT2D eigenvalue weighted by molar-refractivity contribution is -0.143. The molecule has 6 nitrogen and oxygen atoms in total. The number of carbonyl (C=O) groups is 3. The van der Waals surface area contributed by atoms with E-state index in [0.29, 0.717) is 18.4 Å². The number of likely N-dealkylation sites (tertiary alicyclic amines) is 2. The van der Waals surface area contributed by atoms with E-state index >= 15 is 0 Å². The third-order valence-corrected chi connectivity index (χ3v) is 7.89. The number of nitrogens with zero attached hydrogens (tertiary/aromatic N) is 3.